The fourth-order valence-electron chi connectivity index (χ4n) is 2.03. The molecule has 7 nitrogen and oxygen atoms in total. The second-order valence-corrected chi connectivity index (χ2v) is 5.43. The molecule has 0 aliphatic heterocycles. The predicted molar refractivity (Wildman–Crippen MR) is 78.2 cm³/mol. The number of carboxylic acid groups (broad SMARTS) is 1. The second-order valence-electron chi connectivity index (χ2n) is 4.49. The standard InChI is InChI=1S/C13H13N5O2S/c1-17-6-4-9(16-17)7-18-12-10(3-2-5-14-12)15-13(18)21-8-11(19)20/h2-6H,7-8H2,1H3,(H,19,20). The van der Waals surface area contributed by atoms with E-state index in [1.54, 1.807) is 10.9 Å². The molecular formula is C13H13N5O2S. The number of rotatable bonds is 5. The minimum atomic E-state index is -0.871. The molecule has 0 atom stereocenters. The molecule has 108 valence electrons. The van der Waals surface area contributed by atoms with Gasteiger partial charge in [-0.1, -0.05) is 11.8 Å². The Morgan fingerprint density at radius 1 is 1.43 bits per heavy atom. The van der Waals surface area contributed by atoms with Crippen LogP contribution in [0.2, 0.25) is 0 Å². The van der Waals surface area contributed by atoms with Crippen LogP contribution in [0.3, 0.4) is 0 Å². The summed E-state index contributed by atoms with van der Waals surface area (Å²) in [7, 11) is 1.86. The van der Waals surface area contributed by atoms with Crippen molar-refractivity contribution >= 4 is 28.9 Å². The number of aliphatic carboxylic acids is 1. The number of thioether (sulfide) groups is 1. The van der Waals surface area contributed by atoms with Gasteiger partial charge in [0.05, 0.1) is 18.0 Å². The normalized spacial score (nSPS) is 11.1. The molecule has 0 amide bonds. The Morgan fingerprint density at radius 2 is 2.29 bits per heavy atom. The molecule has 0 bridgehead atoms. The van der Waals surface area contributed by atoms with E-state index in [0.29, 0.717) is 11.7 Å². The first-order chi connectivity index (χ1) is 10.1. The van der Waals surface area contributed by atoms with Crippen LogP contribution in [0.1, 0.15) is 5.69 Å². The smallest absolute Gasteiger partial charge is 0.313 e. The summed E-state index contributed by atoms with van der Waals surface area (Å²) in [5.74, 6) is -0.907. The van der Waals surface area contributed by atoms with E-state index in [1.165, 1.54) is 11.8 Å². The minimum Gasteiger partial charge on any atom is -0.481 e. The van der Waals surface area contributed by atoms with Crippen molar-refractivity contribution < 1.29 is 9.90 Å². The van der Waals surface area contributed by atoms with Gasteiger partial charge in [-0.25, -0.2) is 9.97 Å². The van der Waals surface area contributed by atoms with Gasteiger partial charge in [-0.2, -0.15) is 5.10 Å². The quantitative estimate of drug-likeness (QED) is 0.717. The molecular weight excluding hydrogens is 290 g/mol. The Balaban J connectivity index is 2.00. The zero-order valence-corrected chi connectivity index (χ0v) is 12.1. The average molecular weight is 303 g/mol. The molecule has 0 saturated carbocycles. The van der Waals surface area contributed by atoms with E-state index in [4.69, 9.17) is 5.11 Å². The van der Waals surface area contributed by atoms with Gasteiger partial charge in [-0.05, 0) is 18.2 Å². The molecule has 3 aromatic heterocycles. The SMILES string of the molecule is Cn1ccc(Cn2c(SCC(=O)O)nc3cccnc32)n1. The first-order valence-corrected chi connectivity index (χ1v) is 7.26. The lowest BCUT2D eigenvalue weighted by molar-refractivity contribution is -0.133. The van der Waals surface area contributed by atoms with Crippen LogP contribution in [0.25, 0.3) is 11.2 Å². The van der Waals surface area contributed by atoms with E-state index < -0.39 is 5.97 Å². The van der Waals surface area contributed by atoms with Gasteiger partial charge in [-0.15, -0.1) is 0 Å². The molecule has 0 aliphatic carbocycles. The molecule has 3 aromatic rings. The van der Waals surface area contributed by atoms with Gasteiger partial charge in [0.25, 0.3) is 0 Å². The van der Waals surface area contributed by atoms with Crippen LogP contribution in [-0.2, 0) is 18.4 Å². The van der Waals surface area contributed by atoms with Crippen LogP contribution in [0.15, 0.2) is 35.7 Å². The van der Waals surface area contributed by atoms with Crippen molar-refractivity contribution in [2.45, 2.75) is 11.7 Å². The third kappa shape index (κ3) is 2.89. The van der Waals surface area contributed by atoms with Crippen molar-refractivity contribution in [3.63, 3.8) is 0 Å². The molecule has 8 heteroatoms. The molecule has 0 aromatic carbocycles. The Bertz CT molecular complexity index is 795. The monoisotopic (exact) mass is 303 g/mol. The highest BCUT2D eigenvalue weighted by Gasteiger charge is 2.14. The van der Waals surface area contributed by atoms with Crippen molar-refractivity contribution in [1.29, 1.82) is 0 Å². The number of pyridine rings is 1. The number of hydrogen-bond acceptors (Lipinski definition) is 5. The number of hydrogen-bond donors (Lipinski definition) is 1. The molecule has 0 spiro atoms. The Hall–Kier alpha value is -2.35. The van der Waals surface area contributed by atoms with Gasteiger partial charge in [-0.3, -0.25) is 14.0 Å². The van der Waals surface area contributed by atoms with E-state index in [-0.39, 0.29) is 5.75 Å². The number of nitrogens with zero attached hydrogens (tertiary/aromatic N) is 5. The van der Waals surface area contributed by atoms with Crippen LogP contribution in [0.5, 0.6) is 0 Å². The summed E-state index contributed by atoms with van der Waals surface area (Å²) in [5.41, 5.74) is 2.36. The summed E-state index contributed by atoms with van der Waals surface area (Å²) >= 11 is 1.18. The van der Waals surface area contributed by atoms with Crippen molar-refractivity contribution in [3.05, 3.63) is 36.3 Å². The number of carbonyl (C=O) groups is 1. The van der Waals surface area contributed by atoms with Crippen LogP contribution >= 0.6 is 11.8 Å². The first-order valence-electron chi connectivity index (χ1n) is 6.28. The average Bonchev–Trinajstić information content (AvgIpc) is 3.01. The zero-order chi connectivity index (χ0) is 14.8. The van der Waals surface area contributed by atoms with Gasteiger partial charge >= 0.3 is 5.97 Å². The fraction of sp³-hybridized carbons (Fsp3) is 0.231. The zero-order valence-electron chi connectivity index (χ0n) is 11.3. The highest BCUT2D eigenvalue weighted by Crippen LogP contribution is 2.23. The lowest BCUT2D eigenvalue weighted by Gasteiger charge is -2.05. The van der Waals surface area contributed by atoms with Crippen LogP contribution in [0.4, 0.5) is 0 Å². The van der Waals surface area contributed by atoms with E-state index in [9.17, 15) is 4.79 Å². The lowest BCUT2D eigenvalue weighted by atomic mass is 10.4. The van der Waals surface area contributed by atoms with Gasteiger partial charge < -0.3 is 5.11 Å². The molecule has 0 fully saturated rings. The van der Waals surface area contributed by atoms with Crippen LogP contribution in [-0.4, -0.2) is 41.1 Å². The van der Waals surface area contributed by atoms with E-state index >= 15 is 0 Å². The topological polar surface area (TPSA) is 85.8 Å². The number of fused-ring (bicyclic) bond motifs is 1. The van der Waals surface area contributed by atoms with E-state index in [0.717, 1.165) is 16.9 Å². The van der Waals surface area contributed by atoms with Crippen molar-refractivity contribution in [3.8, 4) is 0 Å². The van der Waals surface area contributed by atoms with E-state index in [1.807, 2.05) is 36.0 Å². The number of aromatic nitrogens is 5. The first kappa shape index (κ1) is 13.6. The van der Waals surface area contributed by atoms with Gasteiger partial charge in [0.2, 0.25) is 0 Å². The minimum absolute atomic E-state index is 0.0362. The number of aryl methyl sites for hydroxylation is 1. The second kappa shape index (κ2) is 5.57. The summed E-state index contributed by atoms with van der Waals surface area (Å²) in [6.07, 6.45) is 3.57. The highest BCUT2D eigenvalue weighted by molar-refractivity contribution is 7.99. The van der Waals surface area contributed by atoms with Crippen molar-refractivity contribution in [1.82, 2.24) is 24.3 Å². The summed E-state index contributed by atoms with van der Waals surface area (Å²) in [6, 6.07) is 5.59. The maximum absolute atomic E-state index is 10.8. The maximum atomic E-state index is 10.8. The predicted octanol–water partition coefficient (Wildman–Crippen LogP) is 1.39. The largest absolute Gasteiger partial charge is 0.481 e. The summed E-state index contributed by atoms with van der Waals surface area (Å²) in [4.78, 5) is 19.6. The highest BCUT2D eigenvalue weighted by atomic mass is 32.2. The molecule has 0 radical (unpaired) electrons. The van der Waals surface area contributed by atoms with E-state index in [2.05, 4.69) is 15.1 Å². The molecule has 1 N–H and O–H groups in total. The Kier molecular flexibility index (Phi) is 3.61. The van der Waals surface area contributed by atoms with Crippen LogP contribution < -0.4 is 0 Å². The molecule has 0 unspecified atom stereocenters. The molecule has 3 heterocycles. The third-order valence-corrected chi connectivity index (χ3v) is 3.84. The lowest BCUT2D eigenvalue weighted by Crippen LogP contribution is -2.06. The number of imidazole rings is 1. The molecule has 0 aliphatic rings. The van der Waals surface area contributed by atoms with Gasteiger partial charge in [0, 0.05) is 19.4 Å². The van der Waals surface area contributed by atoms with Gasteiger partial charge in [0.15, 0.2) is 10.8 Å². The molecule has 3 rings (SSSR count). The summed E-state index contributed by atoms with van der Waals surface area (Å²) in [6.45, 7) is 0.510. The summed E-state index contributed by atoms with van der Waals surface area (Å²) in [5, 5.41) is 13.8. The fourth-order valence-corrected chi connectivity index (χ4v) is 2.75. The maximum Gasteiger partial charge on any atom is 0.313 e. The summed E-state index contributed by atoms with van der Waals surface area (Å²) < 4.78 is 3.62. The Labute approximate surface area is 124 Å². The van der Waals surface area contributed by atoms with Crippen LogP contribution in [0, 0.1) is 0 Å². The molecule has 0 saturated heterocycles. The number of carboxylic acids is 1. The Morgan fingerprint density at radius 3 is 3.00 bits per heavy atom. The van der Waals surface area contributed by atoms with Crippen molar-refractivity contribution in [2.24, 2.45) is 7.05 Å². The van der Waals surface area contributed by atoms with Crippen molar-refractivity contribution in [2.75, 3.05) is 5.75 Å². The van der Waals surface area contributed by atoms with Gasteiger partial charge in [0.1, 0.15) is 5.52 Å². The third-order valence-electron chi connectivity index (χ3n) is 2.88. The molecule has 21 heavy (non-hydrogen) atoms.